The summed E-state index contributed by atoms with van der Waals surface area (Å²) < 4.78 is 17.0. The van der Waals surface area contributed by atoms with E-state index in [4.69, 9.17) is 14.2 Å². The summed E-state index contributed by atoms with van der Waals surface area (Å²) >= 11 is 0. The Morgan fingerprint density at radius 1 is 1.28 bits per heavy atom. The number of piperidine rings is 1. The second-order valence-electron chi connectivity index (χ2n) is 7.94. The zero-order chi connectivity index (χ0) is 20.5. The summed E-state index contributed by atoms with van der Waals surface area (Å²) in [7, 11) is 0. The first-order valence-electron chi connectivity index (χ1n) is 11.1. The van der Waals surface area contributed by atoms with Gasteiger partial charge in [0.1, 0.15) is 5.75 Å². The zero-order valence-electron chi connectivity index (χ0n) is 18.0. The van der Waals surface area contributed by atoms with Gasteiger partial charge in [-0.1, -0.05) is 12.1 Å². The third-order valence-corrected chi connectivity index (χ3v) is 5.83. The molecule has 0 aliphatic carbocycles. The Kier molecular flexibility index (Phi) is 8.77. The van der Waals surface area contributed by atoms with Crippen molar-refractivity contribution in [3.63, 3.8) is 0 Å². The highest BCUT2D eigenvalue weighted by atomic mass is 16.6. The largest absolute Gasteiger partial charge is 0.493 e. The molecule has 2 heterocycles. The molecule has 2 saturated heterocycles. The number of amides is 1. The number of benzene rings is 1. The molecule has 0 aromatic heterocycles. The number of carbonyl (C=O) groups excluding carboxylic acids is 1. The normalized spacial score (nSPS) is 23.0. The maximum absolute atomic E-state index is 12.7. The van der Waals surface area contributed by atoms with Crippen LogP contribution in [0.15, 0.2) is 24.3 Å². The lowest BCUT2D eigenvalue weighted by Crippen LogP contribution is -2.44. The second kappa shape index (κ2) is 11.5. The second-order valence-corrected chi connectivity index (χ2v) is 7.94. The average molecular weight is 405 g/mol. The van der Waals surface area contributed by atoms with Crippen LogP contribution < -0.4 is 4.74 Å². The lowest BCUT2D eigenvalue weighted by molar-refractivity contribution is -0.137. The first-order chi connectivity index (χ1) is 14.2. The minimum atomic E-state index is 0.126. The van der Waals surface area contributed by atoms with E-state index in [1.807, 2.05) is 17.0 Å². The predicted molar refractivity (Wildman–Crippen MR) is 113 cm³/mol. The van der Waals surface area contributed by atoms with Crippen LogP contribution in [-0.2, 0) is 20.8 Å². The van der Waals surface area contributed by atoms with Crippen LogP contribution >= 0.6 is 0 Å². The molecule has 2 atom stereocenters. The standard InChI is InChI=1S/C23H36N2O4/c1-3-25(4-2)23(26)20-8-6-11-24(17-20)16-19-7-5-9-21(15-19)28-12-10-22-18-27-13-14-29-22/h5,7,9,15,20,22H,3-4,6,8,10-14,16-18H2,1-2H3. The number of rotatable bonds is 9. The molecule has 0 N–H and O–H groups in total. The minimum absolute atomic E-state index is 0.126. The molecule has 0 bridgehead atoms. The predicted octanol–water partition coefficient (Wildman–Crippen LogP) is 2.95. The fourth-order valence-corrected chi connectivity index (χ4v) is 4.20. The summed E-state index contributed by atoms with van der Waals surface area (Å²) in [6.07, 6.45) is 3.06. The summed E-state index contributed by atoms with van der Waals surface area (Å²) in [5, 5.41) is 0. The monoisotopic (exact) mass is 404 g/mol. The van der Waals surface area contributed by atoms with E-state index in [1.54, 1.807) is 0 Å². The third kappa shape index (κ3) is 6.69. The maximum atomic E-state index is 12.7. The quantitative estimate of drug-likeness (QED) is 0.633. The van der Waals surface area contributed by atoms with Crippen LogP contribution in [0.4, 0.5) is 0 Å². The first-order valence-corrected chi connectivity index (χ1v) is 11.1. The van der Waals surface area contributed by atoms with Gasteiger partial charge in [-0.2, -0.15) is 0 Å². The fourth-order valence-electron chi connectivity index (χ4n) is 4.20. The van der Waals surface area contributed by atoms with Gasteiger partial charge in [0.15, 0.2) is 0 Å². The van der Waals surface area contributed by atoms with Crippen LogP contribution in [0.2, 0.25) is 0 Å². The Labute approximate surface area is 175 Å². The van der Waals surface area contributed by atoms with Crippen molar-refractivity contribution in [2.75, 3.05) is 52.6 Å². The third-order valence-electron chi connectivity index (χ3n) is 5.83. The van der Waals surface area contributed by atoms with Crippen LogP contribution in [-0.4, -0.2) is 74.4 Å². The molecule has 2 aliphatic rings. The Balaban J connectivity index is 1.48. The zero-order valence-corrected chi connectivity index (χ0v) is 18.0. The Hall–Kier alpha value is -1.63. The molecular weight excluding hydrogens is 368 g/mol. The van der Waals surface area contributed by atoms with Gasteiger partial charge in [0, 0.05) is 32.6 Å². The molecule has 0 saturated carbocycles. The van der Waals surface area contributed by atoms with E-state index in [2.05, 4.69) is 30.9 Å². The summed E-state index contributed by atoms with van der Waals surface area (Å²) in [5.41, 5.74) is 1.23. The molecule has 2 fully saturated rings. The van der Waals surface area contributed by atoms with E-state index in [0.29, 0.717) is 32.3 Å². The van der Waals surface area contributed by atoms with E-state index < -0.39 is 0 Å². The van der Waals surface area contributed by atoms with Crippen LogP contribution in [0.25, 0.3) is 0 Å². The van der Waals surface area contributed by atoms with Crippen molar-refractivity contribution in [2.45, 2.75) is 45.8 Å². The number of likely N-dealkylation sites (tertiary alicyclic amines) is 1. The lowest BCUT2D eigenvalue weighted by Gasteiger charge is -2.34. The molecular formula is C23H36N2O4. The highest BCUT2D eigenvalue weighted by Crippen LogP contribution is 2.22. The number of nitrogens with zero attached hydrogens (tertiary/aromatic N) is 2. The van der Waals surface area contributed by atoms with Gasteiger partial charge in [0.2, 0.25) is 5.91 Å². The van der Waals surface area contributed by atoms with Crippen molar-refractivity contribution in [3.8, 4) is 5.75 Å². The van der Waals surface area contributed by atoms with Crippen LogP contribution in [0.5, 0.6) is 5.75 Å². The molecule has 0 radical (unpaired) electrons. The fraction of sp³-hybridized carbons (Fsp3) is 0.696. The van der Waals surface area contributed by atoms with E-state index in [1.165, 1.54) is 5.56 Å². The molecule has 162 valence electrons. The number of hydrogen-bond donors (Lipinski definition) is 0. The molecule has 6 heteroatoms. The van der Waals surface area contributed by atoms with Crippen molar-refractivity contribution in [2.24, 2.45) is 5.92 Å². The summed E-state index contributed by atoms with van der Waals surface area (Å²) in [6.45, 7) is 11.1. The van der Waals surface area contributed by atoms with Gasteiger partial charge in [0.05, 0.1) is 38.4 Å². The smallest absolute Gasteiger partial charge is 0.226 e. The topological polar surface area (TPSA) is 51.2 Å². The lowest BCUT2D eigenvalue weighted by atomic mass is 9.96. The number of carbonyl (C=O) groups is 1. The van der Waals surface area contributed by atoms with Crippen molar-refractivity contribution in [1.29, 1.82) is 0 Å². The summed E-state index contributed by atoms with van der Waals surface area (Å²) in [4.78, 5) is 17.1. The van der Waals surface area contributed by atoms with Crippen molar-refractivity contribution in [3.05, 3.63) is 29.8 Å². The molecule has 6 nitrogen and oxygen atoms in total. The number of hydrogen-bond acceptors (Lipinski definition) is 5. The van der Waals surface area contributed by atoms with Crippen molar-refractivity contribution < 1.29 is 19.0 Å². The maximum Gasteiger partial charge on any atom is 0.226 e. The van der Waals surface area contributed by atoms with E-state index in [0.717, 1.165) is 57.7 Å². The van der Waals surface area contributed by atoms with E-state index >= 15 is 0 Å². The molecule has 2 unspecified atom stereocenters. The SMILES string of the molecule is CCN(CC)C(=O)C1CCCN(Cc2cccc(OCCC3COCCO3)c2)C1. The highest BCUT2D eigenvalue weighted by Gasteiger charge is 2.28. The molecule has 29 heavy (non-hydrogen) atoms. The Morgan fingerprint density at radius 2 is 2.14 bits per heavy atom. The van der Waals surface area contributed by atoms with E-state index in [9.17, 15) is 4.79 Å². The molecule has 2 aliphatic heterocycles. The van der Waals surface area contributed by atoms with E-state index in [-0.39, 0.29) is 12.0 Å². The minimum Gasteiger partial charge on any atom is -0.493 e. The molecule has 3 rings (SSSR count). The van der Waals surface area contributed by atoms with Crippen LogP contribution in [0.3, 0.4) is 0 Å². The van der Waals surface area contributed by atoms with Gasteiger partial charge in [-0.05, 0) is 50.9 Å². The van der Waals surface area contributed by atoms with Gasteiger partial charge in [-0.3, -0.25) is 9.69 Å². The van der Waals surface area contributed by atoms with Gasteiger partial charge in [0.25, 0.3) is 0 Å². The van der Waals surface area contributed by atoms with Gasteiger partial charge >= 0.3 is 0 Å². The van der Waals surface area contributed by atoms with Gasteiger partial charge in [-0.25, -0.2) is 0 Å². The van der Waals surface area contributed by atoms with Gasteiger partial charge < -0.3 is 19.1 Å². The molecule has 1 aromatic carbocycles. The van der Waals surface area contributed by atoms with Crippen LogP contribution in [0.1, 0.15) is 38.7 Å². The Bertz CT molecular complexity index is 629. The van der Waals surface area contributed by atoms with Gasteiger partial charge in [-0.15, -0.1) is 0 Å². The summed E-state index contributed by atoms with van der Waals surface area (Å²) in [6, 6.07) is 8.31. The first kappa shape index (κ1) is 22.1. The van der Waals surface area contributed by atoms with Crippen LogP contribution in [0, 0.1) is 5.92 Å². The van der Waals surface area contributed by atoms with Crippen molar-refractivity contribution in [1.82, 2.24) is 9.80 Å². The molecule has 1 aromatic rings. The average Bonchev–Trinajstić information content (AvgIpc) is 2.76. The Morgan fingerprint density at radius 3 is 2.90 bits per heavy atom. The number of ether oxygens (including phenoxy) is 3. The highest BCUT2D eigenvalue weighted by molar-refractivity contribution is 5.79. The summed E-state index contributed by atoms with van der Waals surface area (Å²) in [5.74, 6) is 1.33. The molecule has 0 spiro atoms. The molecule has 1 amide bonds. The van der Waals surface area contributed by atoms with Crippen molar-refractivity contribution >= 4 is 5.91 Å².